The number of amides is 2. The molecule has 9 heteroatoms. The van der Waals surface area contributed by atoms with Crippen LogP contribution in [-0.2, 0) is 0 Å². The number of nitrogens with zero attached hydrogens (tertiary/aromatic N) is 3. The summed E-state index contributed by atoms with van der Waals surface area (Å²) in [7, 11) is 0. The standard InChI is InChI=1S/C27H25FN4O3S/c1-16-8-9-20(14-21(16)28)29-25(33)22-15-36-26(30-22)19-10-12-32(13-11-19)27(34)23-17(2)35-31-24(23)18-6-4-3-5-7-18/h3-9,14-15,19H,10-13H2,1-2H3,(H,29,33). The highest BCUT2D eigenvalue weighted by molar-refractivity contribution is 7.10. The van der Waals surface area contributed by atoms with Gasteiger partial charge in [0.2, 0.25) is 0 Å². The molecule has 0 unspecified atom stereocenters. The number of hydrogen-bond acceptors (Lipinski definition) is 6. The number of aryl methyl sites for hydroxylation is 2. The predicted molar refractivity (Wildman–Crippen MR) is 136 cm³/mol. The third-order valence-corrected chi connectivity index (χ3v) is 7.45. The van der Waals surface area contributed by atoms with Gasteiger partial charge in [-0.3, -0.25) is 9.59 Å². The fraction of sp³-hybridized carbons (Fsp3) is 0.259. The van der Waals surface area contributed by atoms with Crippen LogP contribution in [0.1, 0.15) is 55.9 Å². The molecule has 3 heterocycles. The Morgan fingerprint density at radius 2 is 1.86 bits per heavy atom. The van der Waals surface area contributed by atoms with Gasteiger partial charge >= 0.3 is 0 Å². The van der Waals surface area contributed by atoms with E-state index in [4.69, 9.17) is 4.52 Å². The predicted octanol–water partition coefficient (Wildman–Crippen LogP) is 5.83. The molecule has 2 aromatic heterocycles. The Kier molecular flexibility index (Phi) is 6.65. The zero-order chi connectivity index (χ0) is 25.2. The van der Waals surface area contributed by atoms with E-state index >= 15 is 0 Å². The third kappa shape index (κ3) is 4.79. The fourth-order valence-electron chi connectivity index (χ4n) is 4.35. The maximum atomic E-state index is 13.8. The van der Waals surface area contributed by atoms with E-state index in [1.807, 2.05) is 35.2 Å². The van der Waals surface area contributed by atoms with Crippen molar-refractivity contribution in [1.29, 1.82) is 0 Å². The molecule has 1 saturated heterocycles. The highest BCUT2D eigenvalue weighted by Gasteiger charge is 2.31. The van der Waals surface area contributed by atoms with Crippen molar-refractivity contribution in [3.63, 3.8) is 0 Å². The van der Waals surface area contributed by atoms with Gasteiger partial charge in [-0.05, 0) is 44.4 Å². The van der Waals surface area contributed by atoms with Crippen molar-refractivity contribution in [1.82, 2.24) is 15.0 Å². The first kappa shape index (κ1) is 23.9. The number of rotatable bonds is 5. The minimum absolute atomic E-state index is 0.0874. The minimum atomic E-state index is -0.371. The van der Waals surface area contributed by atoms with Gasteiger partial charge < -0.3 is 14.7 Å². The number of anilines is 1. The van der Waals surface area contributed by atoms with E-state index in [9.17, 15) is 14.0 Å². The Morgan fingerprint density at radius 3 is 2.58 bits per heavy atom. The maximum absolute atomic E-state index is 13.8. The van der Waals surface area contributed by atoms with Crippen molar-refractivity contribution in [3.8, 4) is 11.3 Å². The number of thiazole rings is 1. The summed E-state index contributed by atoms with van der Waals surface area (Å²) in [5.41, 5.74) is 3.12. The molecule has 1 N–H and O–H groups in total. The lowest BCUT2D eigenvalue weighted by atomic mass is 9.96. The van der Waals surface area contributed by atoms with E-state index in [1.54, 1.807) is 31.4 Å². The van der Waals surface area contributed by atoms with Crippen molar-refractivity contribution < 1.29 is 18.5 Å². The van der Waals surface area contributed by atoms with Crippen LogP contribution in [0.3, 0.4) is 0 Å². The molecule has 0 radical (unpaired) electrons. The molecule has 1 fully saturated rings. The SMILES string of the molecule is Cc1ccc(NC(=O)c2csc(C3CCN(C(=O)c4c(-c5ccccc5)noc4C)CC3)n2)cc1F. The lowest BCUT2D eigenvalue weighted by molar-refractivity contribution is 0.0711. The Morgan fingerprint density at radius 1 is 1.11 bits per heavy atom. The molecule has 7 nitrogen and oxygen atoms in total. The monoisotopic (exact) mass is 504 g/mol. The molecule has 1 aliphatic rings. The van der Waals surface area contributed by atoms with Crippen molar-refractivity contribution in [3.05, 3.63) is 87.3 Å². The van der Waals surface area contributed by atoms with E-state index in [-0.39, 0.29) is 23.5 Å². The summed E-state index contributed by atoms with van der Waals surface area (Å²) < 4.78 is 19.2. The largest absolute Gasteiger partial charge is 0.360 e. The van der Waals surface area contributed by atoms with Crippen LogP contribution in [0, 0.1) is 19.7 Å². The van der Waals surface area contributed by atoms with E-state index < -0.39 is 0 Å². The lowest BCUT2D eigenvalue weighted by Gasteiger charge is -2.31. The van der Waals surface area contributed by atoms with Gasteiger partial charge in [0.15, 0.2) is 0 Å². The molecular weight excluding hydrogens is 479 g/mol. The van der Waals surface area contributed by atoms with Gasteiger partial charge in [-0.1, -0.05) is 41.6 Å². The van der Waals surface area contributed by atoms with Gasteiger partial charge in [0.25, 0.3) is 11.8 Å². The van der Waals surface area contributed by atoms with Crippen LogP contribution >= 0.6 is 11.3 Å². The first-order valence-electron chi connectivity index (χ1n) is 11.7. The van der Waals surface area contributed by atoms with Gasteiger partial charge in [0.1, 0.15) is 28.5 Å². The minimum Gasteiger partial charge on any atom is -0.360 e. The summed E-state index contributed by atoms with van der Waals surface area (Å²) in [6.45, 7) is 4.58. The number of carbonyl (C=O) groups excluding carboxylic acids is 2. The number of piperidine rings is 1. The topological polar surface area (TPSA) is 88.3 Å². The summed E-state index contributed by atoms with van der Waals surface area (Å²) >= 11 is 1.44. The van der Waals surface area contributed by atoms with Gasteiger partial charge in [0.05, 0.1) is 5.01 Å². The summed E-state index contributed by atoms with van der Waals surface area (Å²) in [4.78, 5) is 32.3. The molecule has 0 bridgehead atoms. The summed E-state index contributed by atoms with van der Waals surface area (Å²) in [6.07, 6.45) is 1.49. The summed E-state index contributed by atoms with van der Waals surface area (Å²) in [6, 6.07) is 14.1. The van der Waals surface area contributed by atoms with Crippen LogP contribution in [0.2, 0.25) is 0 Å². The number of likely N-dealkylation sites (tertiary alicyclic amines) is 1. The molecule has 36 heavy (non-hydrogen) atoms. The molecule has 2 aromatic carbocycles. The second kappa shape index (κ2) is 10.0. The first-order valence-corrected chi connectivity index (χ1v) is 12.6. The van der Waals surface area contributed by atoms with Crippen LogP contribution in [0.5, 0.6) is 0 Å². The molecule has 184 valence electrons. The second-order valence-corrected chi connectivity index (χ2v) is 9.77. The van der Waals surface area contributed by atoms with Crippen molar-refractivity contribution in [2.24, 2.45) is 0 Å². The molecule has 0 aliphatic carbocycles. The maximum Gasteiger partial charge on any atom is 0.275 e. The number of hydrogen-bond donors (Lipinski definition) is 1. The molecule has 1 aliphatic heterocycles. The van der Waals surface area contributed by atoms with Crippen LogP contribution in [0.4, 0.5) is 10.1 Å². The van der Waals surface area contributed by atoms with Gasteiger partial charge in [-0.25, -0.2) is 9.37 Å². The van der Waals surface area contributed by atoms with Gasteiger partial charge in [-0.2, -0.15) is 0 Å². The molecule has 5 rings (SSSR count). The normalized spacial score (nSPS) is 14.1. The first-order chi connectivity index (χ1) is 17.4. The average molecular weight is 505 g/mol. The Balaban J connectivity index is 1.23. The van der Waals surface area contributed by atoms with E-state index in [2.05, 4.69) is 15.5 Å². The lowest BCUT2D eigenvalue weighted by Crippen LogP contribution is -2.38. The second-order valence-electron chi connectivity index (χ2n) is 8.88. The summed E-state index contributed by atoms with van der Waals surface area (Å²) in [5, 5.41) is 9.43. The van der Waals surface area contributed by atoms with Crippen LogP contribution in [-0.4, -0.2) is 39.9 Å². The molecule has 0 spiro atoms. The summed E-state index contributed by atoms with van der Waals surface area (Å²) in [5.74, 6) is -0.162. The van der Waals surface area contributed by atoms with Crippen LogP contribution in [0.25, 0.3) is 11.3 Å². The average Bonchev–Trinajstić information content (AvgIpc) is 3.54. The fourth-order valence-corrected chi connectivity index (χ4v) is 5.32. The molecule has 0 atom stereocenters. The number of benzene rings is 2. The van der Waals surface area contributed by atoms with Gasteiger partial charge in [0, 0.05) is 35.6 Å². The van der Waals surface area contributed by atoms with E-state index in [0.29, 0.717) is 47.1 Å². The Bertz CT molecular complexity index is 1410. The smallest absolute Gasteiger partial charge is 0.275 e. The number of halogens is 1. The Labute approximate surface area is 212 Å². The quantitative estimate of drug-likeness (QED) is 0.370. The number of aromatic nitrogens is 2. The van der Waals surface area contributed by atoms with Crippen molar-refractivity contribution in [2.45, 2.75) is 32.6 Å². The highest BCUT2D eigenvalue weighted by Crippen LogP contribution is 2.33. The third-order valence-electron chi connectivity index (χ3n) is 6.44. The van der Waals surface area contributed by atoms with Crippen molar-refractivity contribution in [2.75, 3.05) is 18.4 Å². The number of carbonyl (C=O) groups is 2. The van der Waals surface area contributed by atoms with Crippen LogP contribution < -0.4 is 5.32 Å². The van der Waals surface area contributed by atoms with Crippen LogP contribution in [0.15, 0.2) is 58.4 Å². The van der Waals surface area contributed by atoms with E-state index in [0.717, 1.165) is 23.4 Å². The molecule has 0 saturated carbocycles. The van der Waals surface area contributed by atoms with Gasteiger partial charge in [-0.15, -0.1) is 11.3 Å². The van der Waals surface area contributed by atoms with E-state index in [1.165, 1.54) is 17.4 Å². The van der Waals surface area contributed by atoms with Crippen molar-refractivity contribution >= 4 is 28.8 Å². The molecule has 2 amide bonds. The number of nitrogens with one attached hydrogen (secondary N) is 1. The molecule has 4 aromatic rings. The Hall–Kier alpha value is -3.85. The zero-order valence-corrected chi connectivity index (χ0v) is 20.8. The molecular formula is C27H25FN4O3S. The zero-order valence-electron chi connectivity index (χ0n) is 20.0. The highest BCUT2D eigenvalue weighted by atomic mass is 32.1.